The van der Waals surface area contributed by atoms with Crippen LogP contribution in [0.1, 0.15) is 19.8 Å². The highest BCUT2D eigenvalue weighted by molar-refractivity contribution is 6.11. The molecule has 0 aromatic heterocycles. The molecule has 1 aliphatic rings. The molecule has 0 aliphatic carbocycles. The number of azide groups is 1. The first-order chi connectivity index (χ1) is 7.13. The molecule has 15 heavy (non-hydrogen) atoms. The van der Waals surface area contributed by atoms with Crippen LogP contribution in [0.4, 0.5) is 0 Å². The SMILES string of the molecule is [B]C1CC(OCN=[N+]=[N-])C(CC(=C)C)O1. The van der Waals surface area contributed by atoms with Crippen LogP contribution in [-0.4, -0.2) is 32.8 Å². The molecule has 1 saturated heterocycles. The third-order valence-corrected chi connectivity index (χ3v) is 2.19. The van der Waals surface area contributed by atoms with Gasteiger partial charge in [0.25, 0.3) is 0 Å². The maximum absolute atomic E-state index is 8.11. The van der Waals surface area contributed by atoms with Gasteiger partial charge in [-0.25, -0.2) is 0 Å². The zero-order valence-electron chi connectivity index (χ0n) is 8.80. The highest BCUT2D eigenvalue weighted by Crippen LogP contribution is 2.25. The van der Waals surface area contributed by atoms with Crippen LogP contribution >= 0.6 is 0 Å². The summed E-state index contributed by atoms with van der Waals surface area (Å²) in [5.41, 5.74) is 9.13. The molecular weight excluding hydrogens is 193 g/mol. The fraction of sp³-hybridized carbons (Fsp3) is 0.778. The summed E-state index contributed by atoms with van der Waals surface area (Å²) in [6.07, 6.45) is 1.15. The third kappa shape index (κ3) is 3.95. The molecule has 3 unspecified atom stereocenters. The Kier molecular flexibility index (Phi) is 4.68. The van der Waals surface area contributed by atoms with E-state index in [9.17, 15) is 0 Å². The lowest BCUT2D eigenvalue weighted by Crippen LogP contribution is -2.24. The molecule has 3 atom stereocenters. The Morgan fingerprint density at radius 1 is 1.80 bits per heavy atom. The van der Waals surface area contributed by atoms with E-state index < -0.39 is 0 Å². The molecule has 0 N–H and O–H groups in total. The lowest BCUT2D eigenvalue weighted by Gasteiger charge is -2.18. The van der Waals surface area contributed by atoms with Crippen molar-refractivity contribution in [1.82, 2.24) is 0 Å². The van der Waals surface area contributed by atoms with Crippen molar-refractivity contribution >= 4 is 7.85 Å². The topological polar surface area (TPSA) is 67.2 Å². The molecular formula is C9H14BN3O2. The summed E-state index contributed by atoms with van der Waals surface area (Å²) in [6, 6.07) is -0.301. The summed E-state index contributed by atoms with van der Waals surface area (Å²) >= 11 is 0. The average molecular weight is 207 g/mol. The highest BCUT2D eigenvalue weighted by atomic mass is 16.6. The van der Waals surface area contributed by atoms with E-state index in [1.165, 1.54) is 0 Å². The van der Waals surface area contributed by atoms with Crippen molar-refractivity contribution in [1.29, 1.82) is 0 Å². The van der Waals surface area contributed by atoms with Gasteiger partial charge in [-0.1, -0.05) is 10.7 Å². The average Bonchev–Trinajstić information content (AvgIpc) is 2.46. The van der Waals surface area contributed by atoms with Gasteiger partial charge in [0.15, 0.2) is 0 Å². The number of ether oxygens (including phenoxy) is 2. The van der Waals surface area contributed by atoms with Crippen LogP contribution in [0.2, 0.25) is 0 Å². The molecule has 1 fully saturated rings. The second-order valence-corrected chi connectivity index (χ2v) is 3.68. The van der Waals surface area contributed by atoms with Crippen LogP contribution in [0.5, 0.6) is 0 Å². The first kappa shape index (κ1) is 12.1. The summed E-state index contributed by atoms with van der Waals surface area (Å²) in [7, 11) is 5.66. The summed E-state index contributed by atoms with van der Waals surface area (Å²) in [6.45, 7) is 5.76. The quantitative estimate of drug-likeness (QED) is 0.227. The van der Waals surface area contributed by atoms with Crippen LogP contribution in [0.15, 0.2) is 17.3 Å². The van der Waals surface area contributed by atoms with E-state index in [1.807, 2.05) is 6.92 Å². The van der Waals surface area contributed by atoms with Gasteiger partial charge < -0.3 is 9.47 Å². The first-order valence-electron chi connectivity index (χ1n) is 4.81. The van der Waals surface area contributed by atoms with Crippen LogP contribution in [0, 0.1) is 0 Å². The van der Waals surface area contributed by atoms with E-state index in [0.717, 1.165) is 5.57 Å². The predicted octanol–water partition coefficient (Wildman–Crippen LogP) is 1.89. The van der Waals surface area contributed by atoms with E-state index in [0.29, 0.717) is 12.8 Å². The van der Waals surface area contributed by atoms with Crippen molar-refractivity contribution in [3.8, 4) is 0 Å². The Balaban J connectivity index is 2.44. The molecule has 0 spiro atoms. The van der Waals surface area contributed by atoms with Gasteiger partial charge in [0, 0.05) is 10.9 Å². The van der Waals surface area contributed by atoms with Crippen LogP contribution < -0.4 is 0 Å². The normalized spacial score (nSPS) is 29.8. The van der Waals surface area contributed by atoms with Crippen LogP contribution in [0.3, 0.4) is 0 Å². The van der Waals surface area contributed by atoms with Crippen LogP contribution in [-0.2, 0) is 9.47 Å². The largest absolute Gasteiger partial charge is 0.382 e. The zero-order valence-corrected chi connectivity index (χ0v) is 8.80. The first-order valence-corrected chi connectivity index (χ1v) is 4.81. The minimum atomic E-state index is -0.301. The minimum absolute atomic E-state index is 0.0178. The van der Waals surface area contributed by atoms with E-state index in [2.05, 4.69) is 16.6 Å². The maximum Gasteiger partial charge on any atom is 0.126 e. The Hall–Kier alpha value is -0.965. The summed E-state index contributed by atoms with van der Waals surface area (Å²) in [4.78, 5) is 2.61. The van der Waals surface area contributed by atoms with Crippen molar-refractivity contribution in [2.75, 3.05) is 6.73 Å². The molecule has 5 nitrogen and oxygen atoms in total. The van der Waals surface area contributed by atoms with Gasteiger partial charge in [-0.2, -0.15) is 0 Å². The van der Waals surface area contributed by atoms with Crippen molar-refractivity contribution in [3.63, 3.8) is 0 Å². The molecule has 1 heterocycles. The number of rotatable bonds is 5. The Labute approximate surface area is 90.5 Å². The van der Waals surface area contributed by atoms with Gasteiger partial charge >= 0.3 is 0 Å². The monoisotopic (exact) mass is 207 g/mol. The van der Waals surface area contributed by atoms with Gasteiger partial charge in [-0.15, -0.1) is 6.58 Å². The molecule has 6 heteroatoms. The fourth-order valence-corrected chi connectivity index (χ4v) is 1.60. The molecule has 0 bridgehead atoms. The predicted molar refractivity (Wildman–Crippen MR) is 57.3 cm³/mol. The Bertz CT molecular complexity index is 279. The van der Waals surface area contributed by atoms with E-state index in [1.54, 1.807) is 0 Å². The lowest BCUT2D eigenvalue weighted by atomic mass is 9.95. The molecule has 0 amide bonds. The molecule has 0 aromatic carbocycles. The van der Waals surface area contributed by atoms with E-state index >= 15 is 0 Å². The van der Waals surface area contributed by atoms with Crippen molar-refractivity contribution < 1.29 is 9.47 Å². The molecule has 2 radical (unpaired) electrons. The highest BCUT2D eigenvalue weighted by Gasteiger charge is 2.32. The molecule has 1 aliphatic heterocycles. The van der Waals surface area contributed by atoms with Gasteiger partial charge in [0.05, 0.1) is 12.2 Å². The minimum Gasteiger partial charge on any atom is -0.382 e. The lowest BCUT2D eigenvalue weighted by molar-refractivity contribution is -0.00975. The fourth-order valence-electron chi connectivity index (χ4n) is 1.60. The number of nitrogens with zero attached hydrogens (tertiary/aromatic N) is 3. The van der Waals surface area contributed by atoms with Gasteiger partial charge in [0.1, 0.15) is 14.6 Å². The summed E-state index contributed by atoms with van der Waals surface area (Å²) in [5.74, 6) is 0. The van der Waals surface area contributed by atoms with Crippen molar-refractivity contribution in [2.45, 2.75) is 38.0 Å². The Morgan fingerprint density at radius 2 is 2.53 bits per heavy atom. The summed E-state index contributed by atoms with van der Waals surface area (Å²) < 4.78 is 10.8. The van der Waals surface area contributed by atoms with Gasteiger partial charge in [0.2, 0.25) is 0 Å². The van der Waals surface area contributed by atoms with Gasteiger partial charge in [-0.3, -0.25) is 0 Å². The zero-order chi connectivity index (χ0) is 11.3. The third-order valence-electron chi connectivity index (χ3n) is 2.19. The second-order valence-electron chi connectivity index (χ2n) is 3.68. The smallest absolute Gasteiger partial charge is 0.126 e. The van der Waals surface area contributed by atoms with Gasteiger partial charge in [-0.05, 0) is 25.3 Å². The molecule has 80 valence electrons. The second kappa shape index (κ2) is 5.80. The molecule has 1 rings (SSSR count). The van der Waals surface area contributed by atoms with E-state index in [4.69, 9.17) is 22.9 Å². The van der Waals surface area contributed by atoms with Crippen LogP contribution in [0.25, 0.3) is 10.4 Å². The summed E-state index contributed by atoms with van der Waals surface area (Å²) in [5, 5.41) is 3.31. The molecule has 0 aromatic rings. The molecule has 0 saturated carbocycles. The van der Waals surface area contributed by atoms with E-state index in [-0.39, 0.29) is 24.9 Å². The number of hydrogen-bond donors (Lipinski definition) is 0. The standard InChI is InChI=1S/C9H14BN3O2/c1-6(2)3-8-7(4-9(10)15-8)14-5-12-13-11/h7-9H,1,3-5H2,2H3. The number of hydrogen-bond acceptors (Lipinski definition) is 3. The Morgan fingerprint density at radius 3 is 3.13 bits per heavy atom. The van der Waals surface area contributed by atoms with Crippen molar-refractivity contribution in [3.05, 3.63) is 22.6 Å². The van der Waals surface area contributed by atoms with Crippen molar-refractivity contribution in [2.24, 2.45) is 5.11 Å². The maximum atomic E-state index is 8.11.